The van der Waals surface area contributed by atoms with E-state index in [9.17, 15) is 9.59 Å². The molecule has 2 aliphatic carbocycles. The second-order valence-corrected chi connectivity index (χ2v) is 9.94. The Morgan fingerprint density at radius 2 is 1.69 bits per heavy atom. The van der Waals surface area contributed by atoms with E-state index in [-0.39, 0.29) is 11.9 Å². The molecular formula is C31H32O4. The van der Waals surface area contributed by atoms with Crippen LogP contribution in [-0.4, -0.2) is 18.9 Å². The number of rotatable bonds is 6. The van der Waals surface area contributed by atoms with Gasteiger partial charge in [0.1, 0.15) is 12.4 Å². The highest BCUT2D eigenvalue weighted by Gasteiger charge is 2.39. The predicted octanol–water partition coefficient (Wildman–Crippen LogP) is 6.88. The molecule has 1 atom stereocenters. The number of hydrogen-bond acceptors (Lipinski definition) is 4. The Labute approximate surface area is 207 Å². The molecule has 0 unspecified atom stereocenters. The second-order valence-electron chi connectivity index (χ2n) is 9.94. The number of Topliss-reactive ketones (excluding diaryl/α,β-unsaturated/α-hetero) is 1. The molecule has 0 N–H and O–H groups in total. The van der Waals surface area contributed by atoms with Crippen LogP contribution in [0.2, 0.25) is 0 Å². The summed E-state index contributed by atoms with van der Waals surface area (Å²) >= 11 is 0. The second kappa shape index (κ2) is 9.69. The quantitative estimate of drug-likeness (QED) is 0.370. The lowest BCUT2D eigenvalue weighted by atomic mass is 9.87. The van der Waals surface area contributed by atoms with Crippen LogP contribution in [0.25, 0.3) is 11.1 Å². The molecular weight excluding hydrogens is 436 g/mol. The van der Waals surface area contributed by atoms with Gasteiger partial charge in [-0.3, -0.25) is 4.79 Å². The van der Waals surface area contributed by atoms with Crippen LogP contribution in [0, 0.1) is 25.7 Å². The Morgan fingerprint density at radius 1 is 0.943 bits per heavy atom. The molecule has 4 heteroatoms. The van der Waals surface area contributed by atoms with Crippen LogP contribution in [0.1, 0.15) is 68.7 Å². The Balaban J connectivity index is 1.33. The van der Waals surface area contributed by atoms with Crippen molar-refractivity contribution in [1.29, 1.82) is 0 Å². The molecule has 0 bridgehead atoms. The van der Waals surface area contributed by atoms with Crippen molar-refractivity contribution in [3.05, 3.63) is 88.0 Å². The normalized spacial score (nSPS) is 17.5. The van der Waals surface area contributed by atoms with Gasteiger partial charge in [-0.25, -0.2) is 4.79 Å². The molecule has 3 aromatic carbocycles. The number of carbonyl (C=O) groups is 2. The van der Waals surface area contributed by atoms with Crippen molar-refractivity contribution in [2.75, 3.05) is 7.11 Å². The minimum Gasteiger partial charge on any atom is -0.489 e. The van der Waals surface area contributed by atoms with Crippen LogP contribution in [0.5, 0.6) is 5.75 Å². The molecule has 4 nitrogen and oxygen atoms in total. The lowest BCUT2D eigenvalue weighted by molar-refractivity contribution is 0.0600. The van der Waals surface area contributed by atoms with E-state index in [2.05, 4.69) is 38.1 Å². The van der Waals surface area contributed by atoms with E-state index in [4.69, 9.17) is 9.47 Å². The average molecular weight is 469 g/mol. The summed E-state index contributed by atoms with van der Waals surface area (Å²) in [6, 6.07) is 17.8. The SMILES string of the molecule is COC(=O)c1ccc(-c2cccc(COc3cc4c(c(C)c3C)C(=O)[C@H](C3CCCC3)C4)c2)cc1. The van der Waals surface area contributed by atoms with Gasteiger partial charge in [0.2, 0.25) is 0 Å². The Bertz CT molecular complexity index is 1270. The molecule has 2 aliphatic rings. The summed E-state index contributed by atoms with van der Waals surface area (Å²) in [5.74, 6) is 1.58. The van der Waals surface area contributed by atoms with Crippen LogP contribution < -0.4 is 4.74 Å². The maximum absolute atomic E-state index is 13.2. The topological polar surface area (TPSA) is 52.6 Å². The first-order valence-corrected chi connectivity index (χ1v) is 12.5. The van der Waals surface area contributed by atoms with Gasteiger partial charge in [-0.2, -0.15) is 0 Å². The Hall–Kier alpha value is -3.40. The van der Waals surface area contributed by atoms with Crippen LogP contribution in [0.4, 0.5) is 0 Å². The van der Waals surface area contributed by atoms with E-state index in [1.54, 1.807) is 12.1 Å². The highest BCUT2D eigenvalue weighted by atomic mass is 16.5. The molecule has 0 radical (unpaired) electrons. The van der Waals surface area contributed by atoms with Gasteiger partial charge in [0.15, 0.2) is 5.78 Å². The summed E-state index contributed by atoms with van der Waals surface area (Å²) in [5, 5.41) is 0. The number of carbonyl (C=O) groups excluding carboxylic acids is 2. The maximum Gasteiger partial charge on any atom is 0.337 e. The molecule has 0 aromatic heterocycles. The van der Waals surface area contributed by atoms with E-state index in [0.717, 1.165) is 51.1 Å². The smallest absolute Gasteiger partial charge is 0.337 e. The minimum absolute atomic E-state index is 0.156. The number of methoxy groups -OCH3 is 1. The van der Waals surface area contributed by atoms with Crippen LogP contribution in [0.15, 0.2) is 54.6 Å². The van der Waals surface area contributed by atoms with Gasteiger partial charge < -0.3 is 9.47 Å². The average Bonchev–Trinajstić information content (AvgIpc) is 3.53. The van der Waals surface area contributed by atoms with E-state index in [0.29, 0.717) is 23.9 Å². The molecule has 180 valence electrons. The zero-order valence-electron chi connectivity index (χ0n) is 20.7. The van der Waals surface area contributed by atoms with Crippen molar-refractivity contribution < 1.29 is 19.1 Å². The summed E-state index contributed by atoms with van der Waals surface area (Å²) in [7, 11) is 1.38. The molecule has 0 aliphatic heterocycles. The monoisotopic (exact) mass is 468 g/mol. The van der Waals surface area contributed by atoms with E-state index in [1.807, 2.05) is 18.2 Å². The molecule has 0 amide bonds. The molecule has 35 heavy (non-hydrogen) atoms. The van der Waals surface area contributed by atoms with Crippen molar-refractivity contribution in [3.8, 4) is 16.9 Å². The van der Waals surface area contributed by atoms with Gasteiger partial charge in [0.25, 0.3) is 0 Å². The summed E-state index contributed by atoms with van der Waals surface area (Å²) in [5.41, 5.74) is 7.92. The molecule has 1 fully saturated rings. The van der Waals surface area contributed by atoms with E-state index < -0.39 is 0 Å². The van der Waals surface area contributed by atoms with Crippen molar-refractivity contribution in [2.45, 2.75) is 52.6 Å². The first-order valence-electron chi connectivity index (χ1n) is 12.5. The zero-order valence-corrected chi connectivity index (χ0v) is 20.7. The van der Waals surface area contributed by atoms with Crippen molar-refractivity contribution in [2.24, 2.45) is 11.8 Å². The third kappa shape index (κ3) is 4.50. The maximum atomic E-state index is 13.2. The summed E-state index contributed by atoms with van der Waals surface area (Å²) in [6.45, 7) is 4.57. The fraction of sp³-hybridized carbons (Fsp3) is 0.355. The molecule has 0 saturated heterocycles. The standard InChI is InChI=1S/C31H32O4/c1-19-20(2)29-26(16-27(30(29)32)23-8-4-5-9-23)17-28(19)35-18-21-7-6-10-25(15-21)22-11-13-24(14-12-22)31(33)34-3/h6-7,10-15,17,23,27H,4-5,8-9,16,18H2,1-3H3/t27-/m0/s1. The van der Waals surface area contributed by atoms with Crippen LogP contribution in [-0.2, 0) is 17.8 Å². The number of fused-ring (bicyclic) bond motifs is 1. The number of hydrogen-bond donors (Lipinski definition) is 0. The van der Waals surface area contributed by atoms with Gasteiger partial charge in [-0.15, -0.1) is 0 Å². The van der Waals surface area contributed by atoms with Crippen LogP contribution in [0.3, 0.4) is 0 Å². The lowest BCUT2D eigenvalue weighted by Gasteiger charge is -2.16. The first-order chi connectivity index (χ1) is 17.0. The zero-order chi connectivity index (χ0) is 24.5. The Kier molecular flexibility index (Phi) is 6.46. The van der Waals surface area contributed by atoms with Gasteiger partial charge in [0.05, 0.1) is 12.7 Å². The third-order valence-corrected chi connectivity index (χ3v) is 7.89. The Morgan fingerprint density at radius 3 is 2.40 bits per heavy atom. The number of esters is 1. The first kappa shape index (κ1) is 23.3. The lowest BCUT2D eigenvalue weighted by Crippen LogP contribution is -2.18. The van der Waals surface area contributed by atoms with Crippen molar-refractivity contribution in [1.82, 2.24) is 0 Å². The van der Waals surface area contributed by atoms with Crippen molar-refractivity contribution >= 4 is 11.8 Å². The predicted molar refractivity (Wildman–Crippen MR) is 137 cm³/mol. The van der Waals surface area contributed by atoms with Gasteiger partial charge in [0, 0.05) is 11.5 Å². The highest BCUT2D eigenvalue weighted by Crippen LogP contribution is 2.43. The van der Waals surface area contributed by atoms with Gasteiger partial charge in [-0.1, -0.05) is 43.2 Å². The molecule has 0 heterocycles. The van der Waals surface area contributed by atoms with Gasteiger partial charge >= 0.3 is 5.97 Å². The number of ketones is 1. The highest BCUT2D eigenvalue weighted by molar-refractivity contribution is 6.04. The fourth-order valence-corrected chi connectivity index (χ4v) is 5.78. The van der Waals surface area contributed by atoms with Gasteiger partial charge in [-0.05, 0) is 96.7 Å². The third-order valence-electron chi connectivity index (χ3n) is 7.89. The summed E-state index contributed by atoms with van der Waals surface area (Å²) in [4.78, 5) is 24.9. The number of ether oxygens (including phenoxy) is 2. The molecule has 0 spiro atoms. The molecule has 1 saturated carbocycles. The largest absolute Gasteiger partial charge is 0.489 e. The van der Waals surface area contributed by atoms with E-state index >= 15 is 0 Å². The summed E-state index contributed by atoms with van der Waals surface area (Å²) < 4.78 is 11.1. The molecule has 5 rings (SSSR count). The minimum atomic E-state index is -0.338. The summed E-state index contributed by atoms with van der Waals surface area (Å²) in [6.07, 6.45) is 5.74. The van der Waals surface area contributed by atoms with E-state index in [1.165, 1.54) is 32.8 Å². The van der Waals surface area contributed by atoms with Crippen LogP contribution >= 0.6 is 0 Å². The number of benzene rings is 3. The van der Waals surface area contributed by atoms with Crippen molar-refractivity contribution in [3.63, 3.8) is 0 Å². The molecule has 3 aromatic rings. The fourth-order valence-electron chi connectivity index (χ4n) is 5.78.